The Labute approximate surface area is 618 Å². The van der Waals surface area contributed by atoms with Gasteiger partial charge in [-0.05, 0) is 199 Å². The number of aryl methyl sites for hydroxylation is 6. The summed E-state index contributed by atoms with van der Waals surface area (Å²) >= 11 is 0. The average Bonchev–Trinajstić information content (AvgIpc) is 0.773. The molecule has 522 valence electrons. The number of aromatic nitrogens is 6. The van der Waals surface area contributed by atoms with E-state index in [1.165, 1.54) is 14.2 Å². The molecule has 0 saturated heterocycles. The molecule has 22 heteroatoms. The second-order valence-corrected chi connectivity index (χ2v) is 25.4. The summed E-state index contributed by atoms with van der Waals surface area (Å²) in [6.07, 6.45) is 11.0. The van der Waals surface area contributed by atoms with Gasteiger partial charge in [-0.1, -0.05) is 116 Å². The van der Waals surface area contributed by atoms with E-state index in [0.29, 0.717) is 109 Å². The van der Waals surface area contributed by atoms with E-state index in [4.69, 9.17) is 38.4 Å². The number of hydrogen-bond donors (Lipinski definition) is 3. The minimum Gasteiger partial charge on any atom is -0.746 e. The number of nitrogens with zero attached hydrogens (tertiary/aromatic N) is 7. The molecule has 0 bridgehead atoms. The van der Waals surface area contributed by atoms with Crippen molar-refractivity contribution >= 4 is 77.0 Å². The first-order valence-corrected chi connectivity index (χ1v) is 34.3. The minimum absolute atomic E-state index is 0. The van der Waals surface area contributed by atoms with Gasteiger partial charge in [0.25, 0.3) is 16.7 Å². The molecule has 0 spiro atoms. The van der Waals surface area contributed by atoms with Crippen LogP contribution in [0.15, 0.2) is 190 Å². The largest absolute Gasteiger partial charge is 1.00 e. The molecule has 3 heterocycles. The molecule has 103 heavy (non-hydrogen) atoms. The topological polar surface area (TPSA) is 255 Å². The Balaban J connectivity index is 0.000000179. The number of phosphoric ester groups is 1. The number of para-hydroxylation sites is 8. The fourth-order valence-electron chi connectivity index (χ4n) is 11.8. The van der Waals surface area contributed by atoms with Crippen molar-refractivity contribution in [3.8, 4) is 57.3 Å². The van der Waals surface area contributed by atoms with Crippen molar-refractivity contribution in [2.45, 2.75) is 54.9 Å². The molecule has 0 radical (unpaired) electrons. The molecule has 0 aliphatic carbocycles. The van der Waals surface area contributed by atoms with Gasteiger partial charge in [0.2, 0.25) is 0 Å². The first-order chi connectivity index (χ1) is 49.0. The van der Waals surface area contributed by atoms with Crippen LogP contribution in [-0.2, 0) is 4.57 Å². The number of methoxy groups -OCH3 is 2. The molecule has 3 aromatic heterocycles. The summed E-state index contributed by atoms with van der Waals surface area (Å²) in [6, 6.07) is 52.6. The van der Waals surface area contributed by atoms with Gasteiger partial charge in [0.15, 0.2) is 23.0 Å². The monoisotopic (exact) mass is 1410 g/mol. The van der Waals surface area contributed by atoms with E-state index in [1.54, 1.807) is 142 Å². The predicted octanol–water partition coefficient (Wildman–Crippen LogP) is 11.5. The third kappa shape index (κ3) is 17.8. The average molecular weight is 1410 g/mol. The molecule has 0 aliphatic heterocycles. The molecule has 9 aromatic carbocycles. The molecule has 0 amide bonds. The predicted molar refractivity (Wildman–Crippen MR) is 403 cm³/mol. The Bertz CT molecular complexity index is 5400. The number of phenolic OH excluding ortho intramolecular Hbond substituents is 2. The third-order valence-electron chi connectivity index (χ3n) is 16.6. The van der Waals surface area contributed by atoms with Crippen LogP contribution in [0.25, 0.3) is 86.2 Å². The van der Waals surface area contributed by atoms with Gasteiger partial charge >= 0.3 is 37.4 Å². The van der Waals surface area contributed by atoms with Crippen LogP contribution in [0.4, 0.5) is 0 Å². The molecule has 20 nitrogen and oxygen atoms in total. The van der Waals surface area contributed by atoms with E-state index in [0.717, 1.165) is 57.9 Å². The van der Waals surface area contributed by atoms with Crippen molar-refractivity contribution in [2.75, 3.05) is 48.1 Å². The van der Waals surface area contributed by atoms with Crippen molar-refractivity contribution in [3.63, 3.8) is 0 Å². The van der Waals surface area contributed by atoms with Gasteiger partial charge < -0.3 is 48.4 Å². The summed E-state index contributed by atoms with van der Waals surface area (Å²) in [5, 5.41) is 22.5. The van der Waals surface area contributed by atoms with Crippen LogP contribution < -0.4 is 74.6 Å². The second-order valence-electron chi connectivity index (χ2n) is 24.3. The SMILES string of the molecule is CCCOc1cccc(C)c1-n1c(/C=C/c2cccc(OC)c2O)nc2ccccc2c1=O.COc1cccc(/C=C/c2nc3ccccc3c(=O)n2-c2c(C)cc(OCCN(C)C)cc2C)c1O.Cc1cccc(/C=C/c2nc3ccccc3c(=O)n2-c2c(C)cccc2C)c1OP(=O)([O-])O.[Na+]. The zero-order valence-electron chi connectivity index (χ0n) is 59.5. The van der Waals surface area contributed by atoms with Crippen molar-refractivity contribution in [3.05, 3.63) is 275 Å². The van der Waals surface area contributed by atoms with Gasteiger partial charge in [0, 0.05) is 23.2 Å². The zero-order valence-corrected chi connectivity index (χ0v) is 62.4. The summed E-state index contributed by atoms with van der Waals surface area (Å²) in [5.41, 5.74) is 9.89. The van der Waals surface area contributed by atoms with Crippen LogP contribution in [-0.4, -0.2) is 96.7 Å². The number of ether oxygens (including phenoxy) is 4. The molecule has 12 aromatic rings. The zero-order chi connectivity index (χ0) is 72.9. The van der Waals surface area contributed by atoms with Crippen LogP contribution in [0, 0.1) is 41.5 Å². The first kappa shape index (κ1) is 76.5. The van der Waals surface area contributed by atoms with Crippen molar-refractivity contribution < 1.29 is 77.6 Å². The maximum absolute atomic E-state index is 13.7. The Hall–Kier alpha value is -10.7. The molecule has 0 aliphatic rings. The number of benzene rings is 9. The van der Waals surface area contributed by atoms with Gasteiger partial charge in [-0.3, -0.25) is 32.6 Å². The van der Waals surface area contributed by atoms with E-state index < -0.39 is 7.82 Å². The number of phenols is 2. The standard InChI is InChI=1S/C29H31N3O4.C27H26N2O4.C25H23N2O5P.Na/c1-19-17-22(36-16-15-31(3)4)18-20(2)27(19)32-26(30-24-11-7-6-10-23(24)29(32)34)14-13-21-9-8-12-25(35-5)28(21)33;1-4-17-33-22-13-7-9-18(2)25(22)29-24(28-21-12-6-5-11-20(21)27(29)31)16-15-19-10-8-14-23(32-3)26(19)30;1-16-8-6-9-17(2)23(16)27-22(26-21-13-5-4-12-20(21)25(27)28)15-14-19-11-7-10-18(3)24(19)32-33(29,30)31;/h6-14,17-18,33H,15-16H2,1-5H3;5-16,30H,4,17H2,1-3H3;4-15H,1-3H3,(H2,29,30,31);/q;;;+1/p-1/b14-13+;16-15+;15-14+;. The number of hydrogen-bond acceptors (Lipinski definition) is 16. The number of aromatic hydroxyl groups is 2. The minimum atomic E-state index is -5.00. The van der Waals surface area contributed by atoms with E-state index in [2.05, 4.69) is 4.90 Å². The fourth-order valence-corrected chi connectivity index (χ4v) is 12.2. The number of rotatable bonds is 20. The molecule has 1 atom stereocenters. The van der Waals surface area contributed by atoms with E-state index in [9.17, 15) is 38.9 Å². The maximum Gasteiger partial charge on any atom is 1.00 e. The molecule has 1 unspecified atom stereocenters. The Kier molecular flexibility index (Phi) is 25.5. The van der Waals surface area contributed by atoms with Crippen LogP contribution in [0.2, 0.25) is 0 Å². The van der Waals surface area contributed by atoms with Gasteiger partial charge in [-0.25, -0.2) is 15.0 Å². The number of phosphoric acid groups is 1. The van der Waals surface area contributed by atoms with E-state index in [-0.39, 0.29) is 63.5 Å². The van der Waals surface area contributed by atoms with E-state index in [1.807, 2.05) is 147 Å². The number of likely N-dealkylation sites (N-methyl/N-ethyl adjacent to an activating group) is 1. The molecule has 0 fully saturated rings. The van der Waals surface area contributed by atoms with Gasteiger partial charge in [0.05, 0.1) is 70.6 Å². The molecule has 0 saturated carbocycles. The summed E-state index contributed by atoms with van der Waals surface area (Å²) in [7, 11) is 2.01. The van der Waals surface area contributed by atoms with Crippen molar-refractivity contribution in [1.82, 2.24) is 33.6 Å². The molecule has 3 N–H and O–H groups in total. The Morgan fingerprint density at radius 1 is 0.466 bits per heavy atom. The Morgan fingerprint density at radius 3 is 1.27 bits per heavy atom. The van der Waals surface area contributed by atoms with Gasteiger partial charge in [-0.15, -0.1) is 0 Å². The smallest absolute Gasteiger partial charge is 0.746 e. The van der Waals surface area contributed by atoms with Gasteiger partial charge in [-0.2, -0.15) is 0 Å². The van der Waals surface area contributed by atoms with E-state index >= 15 is 0 Å². The first-order valence-electron chi connectivity index (χ1n) is 32.8. The summed E-state index contributed by atoms with van der Waals surface area (Å²) in [5.74, 6) is 3.43. The normalized spacial score (nSPS) is 11.9. The second kappa shape index (κ2) is 34.3. The summed E-state index contributed by atoms with van der Waals surface area (Å²) < 4.78 is 43.3. The summed E-state index contributed by atoms with van der Waals surface area (Å²) in [4.78, 5) is 77.9. The van der Waals surface area contributed by atoms with Crippen LogP contribution in [0.1, 0.15) is 80.9 Å². The van der Waals surface area contributed by atoms with Crippen molar-refractivity contribution in [1.29, 1.82) is 0 Å². The summed E-state index contributed by atoms with van der Waals surface area (Å²) in [6.45, 7) is 15.3. The molecular formula is C81H79N7NaO13P. The third-order valence-corrected chi connectivity index (χ3v) is 17.0. The quantitative estimate of drug-likeness (QED) is 0.0473. The fraction of sp³-hybridized carbons (Fsp3) is 0.185. The maximum atomic E-state index is 13.7. The van der Waals surface area contributed by atoms with Gasteiger partial charge in [0.1, 0.15) is 41.3 Å². The molecule has 12 rings (SSSR count). The van der Waals surface area contributed by atoms with Crippen molar-refractivity contribution in [2.24, 2.45) is 0 Å². The van der Waals surface area contributed by atoms with Crippen LogP contribution in [0.3, 0.4) is 0 Å². The Morgan fingerprint density at radius 2 is 0.835 bits per heavy atom. The molecular weight excluding hydrogens is 1330 g/mol. The van der Waals surface area contributed by atoms with Crippen LogP contribution in [0.5, 0.6) is 40.2 Å². The number of fused-ring (bicyclic) bond motifs is 3. The van der Waals surface area contributed by atoms with Crippen LogP contribution >= 0.6 is 7.82 Å².